The Hall–Kier alpha value is -1.79. The molecule has 0 aliphatic rings. The quantitative estimate of drug-likeness (QED) is 0.601. The average Bonchev–Trinajstić information content (AvgIpc) is 2.15. The van der Waals surface area contributed by atoms with Crippen molar-refractivity contribution < 1.29 is 19.0 Å². The Balaban J connectivity index is 2.64. The molecule has 0 aliphatic heterocycles. The molecule has 0 amide bonds. The lowest BCUT2D eigenvalue weighted by Gasteiger charge is -2.07. The fourth-order valence-corrected chi connectivity index (χ4v) is 1.86. The topological polar surface area (TPSA) is 89.8 Å². The van der Waals surface area contributed by atoms with Crippen LogP contribution in [-0.2, 0) is 11.3 Å². The molecular formula is C10H9NO4S. The van der Waals surface area contributed by atoms with Gasteiger partial charge in [0, 0.05) is 6.07 Å². The molecule has 0 saturated carbocycles. The number of aromatic hydroxyl groups is 2. The molecule has 1 unspecified atom stereocenters. The highest BCUT2D eigenvalue weighted by atomic mass is 32.2. The summed E-state index contributed by atoms with van der Waals surface area (Å²) in [6.45, 7) is 0. The van der Waals surface area contributed by atoms with Crippen molar-refractivity contribution >= 4 is 27.7 Å². The van der Waals surface area contributed by atoms with Gasteiger partial charge in [-0.3, -0.25) is 9.27 Å². The van der Waals surface area contributed by atoms with E-state index in [0.717, 1.165) is 0 Å². The predicted molar refractivity (Wildman–Crippen MR) is 61.7 cm³/mol. The second-order valence-corrected chi connectivity index (χ2v) is 3.92. The highest BCUT2D eigenvalue weighted by Crippen LogP contribution is 2.35. The Morgan fingerprint density at radius 3 is 2.56 bits per heavy atom. The van der Waals surface area contributed by atoms with Crippen molar-refractivity contribution in [2.75, 3.05) is 4.72 Å². The third-order valence-electron chi connectivity index (χ3n) is 2.14. The molecule has 6 heteroatoms. The molecule has 16 heavy (non-hydrogen) atoms. The van der Waals surface area contributed by atoms with E-state index in [4.69, 9.17) is 4.55 Å². The fraction of sp³-hybridized carbons (Fsp3) is 0. The highest BCUT2D eigenvalue weighted by molar-refractivity contribution is 7.80. The third kappa shape index (κ3) is 1.93. The minimum absolute atomic E-state index is 0.0355. The molecule has 84 valence electrons. The number of hydrogen-bond donors (Lipinski definition) is 4. The van der Waals surface area contributed by atoms with E-state index < -0.39 is 11.3 Å². The van der Waals surface area contributed by atoms with Crippen LogP contribution in [0.1, 0.15) is 0 Å². The van der Waals surface area contributed by atoms with Crippen LogP contribution in [0.25, 0.3) is 10.8 Å². The molecule has 0 radical (unpaired) electrons. The van der Waals surface area contributed by atoms with Crippen molar-refractivity contribution in [1.82, 2.24) is 0 Å². The van der Waals surface area contributed by atoms with E-state index in [1.54, 1.807) is 18.2 Å². The van der Waals surface area contributed by atoms with Gasteiger partial charge in [-0.05, 0) is 17.5 Å². The van der Waals surface area contributed by atoms with Gasteiger partial charge >= 0.3 is 0 Å². The molecule has 0 aromatic heterocycles. The van der Waals surface area contributed by atoms with E-state index in [9.17, 15) is 14.4 Å². The van der Waals surface area contributed by atoms with Crippen molar-refractivity contribution in [2.24, 2.45) is 0 Å². The molecular weight excluding hydrogens is 230 g/mol. The molecule has 1 atom stereocenters. The summed E-state index contributed by atoms with van der Waals surface area (Å²) < 4.78 is 21.4. The number of phenolic OH excluding ortho intramolecular Hbond substituents is 2. The Morgan fingerprint density at radius 2 is 1.88 bits per heavy atom. The van der Waals surface area contributed by atoms with Crippen LogP contribution in [0.5, 0.6) is 11.5 Å². The maximum atomic E-state index is 10.6. The second kappa shape index (κ2) is 3.99. The number of rotatable bonds is 2. The lowest BCUT2D eigenvalue weighted by Crippen LogP contribution is -2.01. The SMILES string of the molecule is O=S(O)Nc1cc(O)c2c(O)cccc2c1. The Kier molecular flexibility index (Phi) is 2.67. The first kappa shape index (κ1) is 10.7. The summed E-state index contributed by atoms with van der Waals surface area (Å²) in [6, 6.07) is 7.59. The lowest BCUT2D eigenvalue weighted by atomic mass is 10.1. The van der Waals surface area contributed by atoms with Gasteiger partial charge in [-0.25, -0.2) is 4.21 Å². The lowest BCUT2D eigenvalue weighted by molar-refractivity contribution is 0.464. The largest absolute Gasteiger partial charge is 0.507 e. The van der Waals surface area contributed by atoms with Crippen LogP contribution >= 0.6 is 0 Å². The van der Waals surface area contributed by atoms with E-state index in [2.05, 4.69) is 4.72 Å². The molecule has 0 fully saturated rings. The van der Waals surface area contributed by atoms with Crippen LogP contribution in [0, 0.1) is 0 Å². The number of fused-ring (bicyclic) bond motifs is 1. The summed E-state index contributed by atoms with van der Waals surface area (Å²) in [5.41, 5.74) is 0.302. The van der Waals surface area contributed by atoms with Gasteiger partial charge in [0.15, 0.2) is 0 Å². The summed E-state index contributed by atoms with van der Waals surface area (Å²) in [5, 5.41) is 20.1. The average molecular weight is 239 g/mol. The number of hydrogen-bond acceptors (Lipinski definition) is 3. The first-order valence-electron chi connectivity index (χ1n) is 4.40. The minimum atomic E-state index is -2.20. The van der Waals surface area contributed by atoms with Crippen molar-refractivity contribution in [2.45, 2.75) is 0 Å². The molecule has 2 rings (SSSR count). The van der Waals surface area contributed by atoms with Gasteiger partial charge in [0.2, 0.25) is 0 Å². The van der Waals surface area contributed by atoms with Gasteiger partial charge in [-0.2, -0.15) is 0 Å². The second-order valence-electron chi connectivity index (χ2n) is 3.22. The number of benzene rings is 2. The summed E-state index contributed by atoms with van der Waals surface area (Å²) in [5.74, 6) is -0.185. The monoisotopic (exact) mass is 239 g/mol. The molecule has 5 nitrogen and oxygen atoms in total. The van der Waals surface area contributed by atoms with Crippen LogP contribution < -0.4 is 4.72 Å². The third-order valence-corrected chi connectivity index (χ3v) is 2.55. The zero-order valence-corrected chi connectivity index (χ0v) is 8.86. The first-order chi connectivity index (χ1) is 7.58. The number of anilines is 1. The van der Waals surface area contributed by atoms with Crippen LogP contribution in [-0.4, -0.2) is 19.0 Å². The van der Waals surface area contributed by atoms with Crippen molar-refractivity contribution in [3.8, 4) is 11.5 Å². The first-order valence-corrected chi connectivity index (χ1v) is 5.51. The van der Waals surface area contributed by atoms with Crippen LogP contribution in [0.15, 0.2) is 30.3 Å². The molecule has 0 bridgehead atoms. The van der Waals surface area contributed by atoms with Gasteiger partial charge in [-0.15, -0.1) is 0 Å². The molecule has 0 saturated heterocycles. The van der Waals surface area contributed by atoms with E-state index in [1.807, 2.05) is 0 Å². The maximum absolute atomic E-state index is 10.6. The van der Waals surface area contributed by atoms with Gasteiger partial charge in [-0.1, -0.05) is 12.1 Å². The fourth-order valence-electron chi connectivity index (χ4n) is 1.55. The summed E-state index contributed by atoms with van der Waals surface area (Å²) in [4.78, 5) is 0. The molecule has 4 N–H and O–H groups in total. The maximum Gasteiger partial charge on any atom is 0.259 e. The Labute approximate surface area is 93.8 Å². The number of phenols is 2. The van der Waals surface area contributed by atoms with Crippen LogP contribution in [0.2, 0.25) is 0 Å². The van der Waals surface area contributed by atoms with Crippen molar-refractivity contribution in [1.29, 1.82) is 0 Å². The number of nitrogens with one attached hydrogen (secondary N) is 1. The molecule has 2 aromatic carbocycles. The van der Waals surface area contributed by atoms with E-state index >= 15 is 0 Å². The van der Waals surface area contributed by atoms with Crippen LogP contribution in [0.4, 0.5) is 5.69 Å². The van der Waals surface area contributed by atoms with Crippen LogP contribution in [0.3, 0.4) is 0 Å². The highest BCUT2D eigenvalue weighted by Gasteiger charge is 2.07. The van der Waals surface area contributed by atoms with Gasteiger partial charge in [0.05, 0.1) is 11.1 Å². The van der Waals surface area contributed by atoms with E-state index in [-0.39, 0.29) is 11.5 Å². The molecule has 2 aromatic rings. The van der Waals surface area contributed by atoms with Gasteiger partial charge in [0.25, 0.3) is 11.3 Å². The minimum Gasteiger partial charge on any atom is -0.507 e. The van der Waals surface area contributed by atoms with E-state index in [1.165, 1.54) is 12.1 Å². The normalized spacial score (nSPS) is 12.6. The van der Waals surface area contributed by atoms with Crippen molar-refractivity contribution in [3.63, 3.8) is 0 Å². The summed E-state index contributed by atoms with van der Waals surface area (Å²) in [6.07, 6.45) is 0. The van der Waals surface area contributed by atoms with Gasteiger partial charge in [0.1, 0.15) is 11.5 Å². The molecule has 0 spiro atoms. The van der Waals surface area contributed by atoms with Crippen molar-refractivity contribution in [3.05, 3.63) is 30.3 Å². The summed E-state index contributed by atoms with van der Waals surface area (Å²) >= 11 is -2.20. The molecule has 0 aliphatic carbocycles. The standard InChI is InChI=1S/C10H9NO4S/c12-8-3-1-2-6-4-7(11-16(14)15)5-9(13)10(6)8/h1-5,11-13H,(H,14,15). The Morgan fingerprint density at radius 1 is 1.12 bits per heavy atom. The molecule has 0 heterocycles. The zero-order valence-electron chi connectivity index (χ0n) is 8.04. The Bertz CT molecular complexity index is 570. The smallest absolute Gasteiger partial charge is 0.259 e. The van der Waals surface area contributed by atoms with E-state index in [0.29, 0.717) is 16.5 Å². The predicted octanol–water partition coefficient (Wildman–Crippen LogP) is 1.80. The zero-order chi connectivity index (χ0) is 11.7. The van der Waals surface area contributed by atoms with Gasteiger partial charge < -0.3 is 10.2 Å². The summed E-state index contributed by atoms with van der Waals surface area (Å²) in [7, 11) is 0.